The second-order valence-corrected chi connectivity index (χ2v) is 5.39. The standard InChI is InChI=1S/C9H11BrIOP.C2H6/c1-7-2-3-9(10)8(6-7)4-5-12-13-11;1-2/h2-3,6,13H,4-5H2,1H3;1-2H3. The second-order valence-electron chi connectivity index (χ2n) is 2.77. The number of rotatable bonds is 4. The van der Waals surface area contributed by atoms with Gasteiger partial charge >= 0.3 is 0 Å². The first-order valence-electron chi connectivity index (χ1n) is 4.96. The predicted molar refractivity (Wildman–Crippen MR) is 82.2 cm³/mol. The van der Waals surface area contributed by atoms with Gasteiger partial charge in [0.05, 0.1) is 13.1 Å². The lowest BCUT2D eigenvalue weighted by atomic mass is 10.1. The Bertz CT molecular complexity index is 281. The molecule has 0 aromatic heterocycles. The van der Waals surface area contributed by atoms with Crippen LogP contribution in [0, 0.1) is 6.92 Å². The number of hydrogen-bond acceptors (Lipinski definition) is 1. The highest BCUT2D eigenvalue weighted by molar-refractivity contribution is 14.2. The summed E-state index contributed by atoms with van der Waals surface area (Å²) in [4.78, 5) is 0. The monoisotopic (exact) mass is 402 g/mol. The largest absolute Gasteiger partial charge is 0.351 e. The minimum absolute atomic E-state index is 0.558. The summed E-state index contributed by atoms with van der Waals surface area (Å²) in [7, 11) is 0. The maximum Gasteiger partial charge on any atom is 0.0793 e. The second kappa shape index (κ2) is 10.0. The van der Waals surface area contributed by atoms with Crippen LogP contribution >= 0.6 is 44.4 Å². The molecule has 1 aromatic carbocycles. The van der Waals surface area contributed by atoms with Gasteiger partial charge in [-0.2, -0.15) is 0 Å². The summed E-state index contributed by atoms with van der Waals surface area (Å²) in [5.41, 5.74) is 2.63. The molecule has 0 spiro atoms. The highest BCUT2D eigenvalue weighted by Gasteiger charge is 1.99. The zero-order chi connectivity index (χ0) is 11.7. The van der Waals surface area contributed by atoms with Crippen molar-refractivity contribution in [1.82, 2.24) is 0 Å². The third kappa shape index (κ3) is 6.88. The zero-order valence-electron chi connectivity index (χ0n) is 9.31. The molecule has 0 amide bonds. The highest BCUT2D eigenvalue weighted by Crippen LogP contribution is 2.23. The van der Waals surface area contributed by atoms with Gasteiger partial charge in [0.2, 0.25) is 0 Å². The minimum Gasteiger partial charge on any atom is -0.351 e. The van der Waals surface area contributed by atoms with E-state index in [2.05, 4.69) is 63.1 Å². The molecule has 1 nitrogen and oxygen atoms in total. The van der Waals surface area contributed by atoms with E-state index in [0.717, 1.165) is 13.0 Å². The van der Waals surface area contributed by atoms with Gasteiger partial charge < -0.3 is 4.52 Å². The first-order chi connectivity index (χ1) is 7.24. The van der Waals surface area contributed by atoms with Crippen molar-refractivity contribution in [3.05, 3.63) is 33.8 Å². The van der Waals surface area contributed by atoms with Crippen molar-refractivity contribution in [2.45, 2.75) is 27.2 Å². The van der Waals surface area contributed by atoms with Crippen molar-refractivity contribution in [3.63, 3.8) is 0 Å². The Balaban J connectivity index is 0.000000921. The van der Waals surface area contributed by atoms with Crippen LogP contribution in [0.2, 0.25) is 0 Å². The Morgan fingerprint density at radius 1 is 1.40 bits per heavy atom. The topological polar surface area (TPSA) is 9.23 Å². The lowest BCUT2D eigenvalue weighted by Crippen LogP contribution is -1.93. The summed E-state index contributed by atoms with van der Waals surface area (Å²) in [6.45, 7) is 7.48. The molecule has 0 heterocycles. The van der Waals surface area contributed by atoms with Crippen molar-refractivity contribution < 1.29 is 4.52 Å². The Labute approximate surface area is 116 Å². The Morgan fingerprint density at radius 3 is 2.67 bits per heavy atom. The third-order valence-corrected chi connectivity index (χ3v) is 3.75. The summed E-state index contributed by atoms with van der Waals surface area (Å²) in [5.74, 6) is 0. The minimum atomic E-state index is 0.558. The van der Waals surface area contributed by atoms with Gasteiger partial charge in [-0.15, -0.1) is 0 Å². The third-order valence-electron chi connectivity index (χ3n) is 1.73. The fraction of sp³-hybridized carbons (Fsp3) is 0.455. The van der Waals surface area contributed by atoms with Crippen molar-refractivity contribution in [1.29, 1.82) is 0 Å². The quantitative estimate of drug-likeness (QED) is 0.378. The molecule has 0 fully saturated rings. The van der Waals surface area contributed by atoms with E-state index in [1.54, 1.807) is 0 Å². The normalized spacial score (nSPS) is 10.2. The van der Waals surface area contributed by atoms with Crippen molar-refractivity contribution in [2.24, 2.45) is 0 Å². The van der Waals surface area contributed by atoms with E-state index in [4.69, 9.17) is 4.52 Å². The van der Waals surface area contributed by atoms with E-state index in [0.29, 0.717) is 6.45 Å². The summed E-state index contributed by atoms with van der Waals surface area (Å²) in [6, 6.07) is 6.40. The van der Waals surface area contributed by atoms with Gasteiger partial charge in [0.1, 0.15) is 0 Å². The molecule has 0 saturated carbocycles. The van der Waals surface area contributed by atoms with Crippen LogP contribution in [0.4, 0.5) is 0 Å². The van der Waals surface area contributed by atoms with Crippen LogP contribution in [0.5, 0.6) is 0 Å². The summed E-state index contributed by atoms with van der Waals surface area (Å²) >= 11 is 5.77. The van der Waals surface area contributed by atoms with Gasteiger partial charge in [0.15, 0.2) is 0 Å². The highest BCUT2D eigenvalue weighted by atomic mass is 127. The predicted octanol–water partition coefficient (Wildman–Crippen LogP) is 5.29. The molecule has 0 bridgehead atoms. The first-order valence-corrected chi connectivity index (χ1v) is 9.78. The van der Waals surface area contributed by atoms with E-state index in [-0.39, 0.29) is 0 Å². The molecule has 1 aromatic rings. The summed E-state index contributed by atoms with van der Waals surface area (Å²) in [6.07, 6.45) is 0.984. The van der Waals surface area contributed by atoms with Crippen LogP contribution in [-0.4, -0.2) is 6.61 Å². The molecule has 0 radical (unpaired) electrons. The smallest absolute Gasteiger partial charge is 0.0793 e. The van der Waals surface area contributed by atoms with Crippen molar-refractivity contribution in [2.75, 3.05) is 6.61 Å². The molecule has 0 aliphatic rings. The lowest BCUT2D eigenvalue weighted by Gasteiger charge is -2.05. The van der Waals surface area contributed by atoms with Crippen LogP contribution in [0.3, 0.4) is 0 Å². The van der Waals surface area contributed by atoms with Gasteiger partial charge in [0, 0.05) is 4.47 Å². The van der Waals surface area contributed by atoms with E-state index in [1.165, 1.54) is 15.6 Å². The van der Waals surface area contributed by atoms with Gasteiger partial charge in [-0.3, -0.25) is 0 Å². The van der Waals surface area contributed by atoms with Crippen LogP contribution in [0.25, 0.3) is 0 Å². The Hall–Kier alpha value is 0.820. The van der Waals surface area contributed by atoms with E-state index in [9.17, 15) is 0 Å². The first kappa shape index (κ1) is 15.8. The average molecular weight is 403 g/mol. The lowest BCUT2D eigenvalue weighted by molar-refractivity contribution is 0.375. The number of benzene rings is 1. The van der Waals surface area contributed by atoms with Crippen molar-refractivity contribution in [3.8, 4) is 0 Å². The van der Waals surface area contributed by atoms with Gasteiger partial charge in [0.25, 0.3) is 0 Å². The number of aryl methyl sites for hydroxylation is 1. The Kier molecular flexibility index (Phi) is 10.6. The molecule has 0 saturated heterocycles. The SMILES string of the molecule is CC.Cc1ccc(Br)c(CCOPI)c1. The molecule has 86 valence electrons. The van der Waals surface area contributed by atoms with Gasteiger partial charge in [-0.25, -0.2) is 0 Å². The van der Waals surface area contributed by atoms with Gasteiger partial charge in [-0.1, -0.05) is 47.5 Å². The van der Waals surface area contributed by atoms with Crippen molar-refractivity contribution >= 4 is 44.4 Å². The van der Waals surface area contributed by atoms with Crippen LogP contribution in [0.1, 0.15) is 25.0 Å². The molecule has 1 unspecified atom stereocenters. The molecule has 0 aliphatic carbocycles. The number of halogens is 2. The maximum absolute atomic E-state index is 5.33. The number of hydrogen-bond donors (Lipinski definition) is 0. The molecule has 0 N–H and O–H groups in total. The zero-order valence-corrected chi connectivity index (χ0v) is 14.1. The molecule has 15 heavy (non-hydrogen) atoms. The van der Waals surface area contributed by atoms with E-state index in [1.807, 2.05) is 13.8 Å². The molecular weight excluding hydrogens is 386 g/mol. The van der Waals surface area contributed by atoms with Crippen LogP contribution < -0.4 is 0 Å². The Morgan fingerprint density at radius 2 is 2.07 bits per heavy atom. The van der Waals surface area contributed by atoms with Gasteiger partial charge in [-0.05, 0) is 47.0 Å². The van der Waals surface area contributed by atoms with E-state index >= 15 is 0 Å². The maximum atomic E-state index is 5.33. The van der Waals surface area contributed by atoms with E-state index < -0.39 is 0 Å². The summed E-state index contributed by atoms with van der Waals surface area (Å²) in [5, 5.41) is 0. The van der Waals surface area contributed by atoms with Crippen LogP contribution in [-0.2, 0) is 10.9 Å². The fourth-order valence-corrected chi connectivity index (χ4v) is 2.38. The average Bonchev–Trinajstić information content (AvgIpc) is 2.26. The molecule has 1 rings (SSSR count). The molecule has 4 heteroatoms. The molecule has 0 aliphatic heterocycles. The summed E-state index contributed by atoms with van der Waals surface area (Å²) < 4.78 is 6.51. The molecule has 1 atom stereocenters. The fourth-order valence-electron chi connectivity index (χ4n) is 1.09. The molecular formula is C11H17BrIOP. The van der Waals surface area contributed by atoms with Crippen LogP contribution in [0.15, 0.2) is 22.7 Å².